The van der Waals surface area contributed by atoms with E-state index in [-0.39, 0.29) is 31.0 Å². The third kappa shape index (κ3) is 5.43. The predicted octanol–water partition coefficient (Wildman–Crippen LogP) is 2.84. The lowest BCUT2D eigenvalue weighted by Gasteiger charge is -2.23. The fourth-order valence-corrected chi connectivity index (χ4v) is 4.69. The van der Waals surface area contributed by atoms with E-state index in [0.29, 0.717) is 20.6 Å². The summed E-state index contributed by atoms with van der Waals surface area (Å²) >= 11 is 2.65. The van der Waals surface area contributed by atoms with Crippen LogP contribution in [0.4, 0.5) is 13.9 Å². The van der Waals surface area contributed by atoms with Crippen molar-refractivity contribution in [1.82, 2.24) is 15.3 Å². The number of thioether (sulfide) groups is 1. The van der Waals surface area contributed by atoms with Crippen molar-refractivity contribution >= 4 is 40.0 Å². The third-order valence-electron chi connectivity index (χ3n) is 4.84. The summed E-state index contributed by atoms with van der Waals surface area (Å²) in [4.78, 5) is 13.1. The number of aromatic nitrogens is 2. The quantitative estimate of drug-likeness (QED) is 0.146. The molecule has 1 saturated carbocycles. The Kier molecular flexibility index (Phi) is 6.88. The number of amides is 1. The Hall–Kier alpha value is -2.31. The summed E-state index contributed by atoms with van der Waals surface area (Å²) in [5, 5.41) is 16.0. The topological polar surface area (TPSA) is 123 Å². The van der Waals surface area contributed by atoms with Gasteiger partial charge in [0.05, 0.1) is 5.92 Å². The van der Waals surface area contributed by atoms with Gasteiger partial charge in [-0.1, -0.05) is 47.4 Å². The van der Waals surface area contributed by atoms with Gasteiger partial charge >= 0.3 is 0 Å². The molecule has 1 aliphatic carbocycles. The molecule has 0 saturated heterocycles. The smallest absolute Gasteiger partial charge is 0.248 e. The molecular weight excluding hydrogens is 432 g/mol. The molecule has 2 atom stereocenters. The second-order valence-electron chi connectivity index (χ2n) is 7.08. The molecule has 1 amide bonds. The van der Waals surface area contributed by atoms with Gasteiger partial charge in [0.1, 0.15) is 0 Å². The van der Waals surface area contributed by atoms with Crippen molar-refractivity contribution in [2.75, 3.05) is 18.6 Å². The van der Waals surface area contributed by atoms with E-state index in [4.69, 9.17) is 11.6 Å². The molecule has 0 radical (unpaired) electrons. The van der Waals surface area contributed by atoms with Crippen molar-refractivity contribution in [1.29, 1.82) is 0 Å². The first-order valence-corrected chi connectivity index (χ1v) is 11.2. The van der Waals surface area contributed by atoms with Crippen LogP contribution in [0.15, 0.2) is 33.7 Å². The Morgan fingerprint density at radius 3 is 2.63 bits per heavy atom. The number of anilines is 1. The van der Waals surface area contributed by atoms with E-state index in [2.05, 4.69) is 20.6 Å². The lowest BCUT2D eigenvalue weighted by molar-refractivity contribution is -0.118. The molecule has 2 aromatic rings. The molecule has 1 aliphatic rings. The number of hydrogen-bond donors (Lipinski definition) is 3. The number of hydrazine groups is 1. The number of halogens is 2. The van der Waals surface area contributed by atoms with Gasteiger partial charge in [-0.3, -0.25) is 10.1 Å². The Balaban J connectivity index is 1.86. The zero-order valence-corrected chi connectivity index (χ0v) is 18.1. The van der Waals surface area contributed by atoms with Gasteiger partial charge in [-0.25, -0.2) is 19.7 Å². The average molecular weight is 456 g/mol. The number of nitrogens with two attached hydrogens (primary N) is 2. The van der Waals surface area contributed by atoms with Gasteiger partial charge in [0.25, 0.3) is 0 Å². The molecule has 1 heterocycles. The minimum Gasteiger partial charge on any atom is -0.382 e. The number of carbonyl (C=O) groups excluding carboxylic acids is 1. The predicted molar refractivity (Wildman–Crippen MR) is 114 cm³/mol. The van der Waals surface area contributed by atoms with Crippen LogP contribution < -0.4 is 16.9 Å². The highest BCUT2D eigenvalue weighted by Crippen LogP contribution is 2.46. The van der Waals surface area contributed by atoms with E-state index in [1.807, 2.05) is 6.26 Å². The zero-order chi connectivity index (χ0) is 21.9. The largest absolute Gasteiger partial charge is 0.382 e. The lowest BCUT2D eigenvalue weighted by atomic mass is 9.83. The van der Waals surface area contributed by atoms with Gasteiger partial charge in [0, 0.05) is 25.5 Å². The Morgan fingerprint density at radius 2 is 2.10 bits per heavy atom. The summed E-state index contributed by atoms with van der Waals surface area (Å²) in [6.07, 6.45) is 1.56. The van der Waals surface area contributed by atoms with Crippen LogP contribution in [0.2, 0.25) is 0 Å². The summed E-state index contributed by atoms with van der Waals surface area (Å²) in [6, 6.07) is 6.81. The summed E-state index contributed by atoms with van der Waals surface area (Å²) in [7, 11) is 1.54. The number of alkyl halides is 2. The third-order valence-corrected chi connectivity index (χ3v) is 6.65. The summed E-state index contributed by atoms with van der Waals surface area (Å²) in [5.41, 5.74) is 7.13. The van der Waals surface area contributed by atoms with Gasteiger partial charge < -0.3 is 5.73 Å². The minimum absolute atomic E-state index is 0.207. The van der Waals surface area contributed by atoms with Crippen LogP contribution in [0, 0.1) is 5.92 Å². The van der Waals surface area contributed by atoms with Crippen LogP contribution in [-0.2, 0) is 4.79 Å². The number of benzene rings is 1. The van der Waals surface area contributed by atoms with Crippen molar-refractivity contribution in [2.45, 2.75) is 35.4 Å². The maximum Gasteiger partial charge on any atom is 0.248 e. The normalized spacial score (nSPS) is 19.5. The van der Waals surface area contributed by atoms with Crippen LogP contribution in [0.5, 0.6) is 0 Å². The van der Waals surface area contributed by atoms with Gasteiger partial charge in [0.15, 0.2) is 10.2 Å². The Labute approximate surface area is 181 Å². The molecule has 162 valence electrons. The highest BCUT2D eigenvalue weighted by molar-refractivity contribution is 8.00. The van der Waals surface area contributed by atoms with E-state index in [9.17, 15) is 13.6 Å². The van der Waals surface area contributed by atoms with Crippen LogP contribution >= 0.6 is 23.1 Å². The molecule has 12 heteroatoms. The zero-order valence-electron chi connectivity index (χ0n) is 16.5. The van der Waals surface area contributed by atoms with Gasteiger partial charge in [0.2, 0.25) is 17.0 Å². The molecular formula is C18H23F2N7OS2. The van der Waals surface area contributed by atoms with Crippen molar-refractivity contribution < 1.29 is 13.6 Å². The van der Waals surface area contributed by atoms with Crippen LogP contribution in [0.3, 0.4) is 0 Å². The molecule has 8 nitrogen and oxygen atoms in total. The molecule has 30 heavy (non-hydrogen) atoms. The van der Waals surface area contributed by atoms with E-state index in [0.717, 1.165) is 5.12 Å². The number of amidine groups is 1. The fraction of sp³-hybridized carbons (Fsp3) is 0.444. The maximum absolute atomic E-state index is 13.9. The van der Waals surface area contributed by atoms with Gasteiger partial charge in [-0.15, -0.1) is 15.3 Å². The fourth-order valence-electron chi connectivity index (χ4n) is 3.52. The number of hydrogen-bond acceptors (Lipinski definition) is 8. The van der Waals surface area contributed by atoms with Crippen molar-refractivity contribution in [3.63, 3.8) is 0 Å². The van der Waals surface area contributed by atoms with Crippen LogP contribution in [0.25, 0.3) is 0 Å². The van der Waals surface area contributed by atoms with E-state index >= 15 is 0 Å². The maximum atomic E-state index is 13.9. The minimum atomic E-state index is -2.76. The standard InChI is InChI=1S/C18H23F2N7OS2/c1-27(22)26-14(21)11-5-3-10(4-6-11)13(12-7-8-18(19,20)9-12)15(28)23-16-24-25-17(29-2)30-16/h3-6,12-13H,7-9,22H2,1-2H3,(H2,21,26)(H,23,24,28). The molecule has 0 bridgehead atoms. The number of nitrogens with zero attached hydrogens (tertiary/aromatic N) is 4. The van der Waals surface area contributed by atoms with E-state index in [1.54, 1.807) is 24.3 Å². The molecule has 5 N–H and O–H groups in total. The van der Waals surface area contributed by atoms with Gasteiger partial charge in [-0.05, 0) is 24.2 Å². The Bertz CT molecular complexity index is 918. The summed E-state index contributed by atoms with van der Waals surface area (Å²) < 4.78 is 28.5. The number of carbonyl (C=O) groups is 1. The number of nitrogens with one attached hydrogen (secondary N) is 1. The van der Waals surface area contributed by atoms with E-state index in [1.165, 1.54) is 30.1 Å². The molecule has 2 unspecified atom stereocenters. The molecule has 1 fully saturated rings. The highest BCUT2D eigenvalue weighted by atomic mass is 32.2. The second kappa shape index (κ2) is 9.23. The first-order chi connectivity index (χ1) is 14.2. The monoisotopic (exact) mass is 455 g/mol. The van der Waals surface area contributed by atoms with Crippen LogP contribution in [0.1, 0.15) is 36.3 Å². The molecule has 0 spiro atoms. The van der Waals surface area contributed by atoms with Crippen molar-refractivity contribution in [3.05, 3.63) is 35.4 Å². The molecule has 1 aromatic heterocycles. The summed E-state index contributed by atoms with van der Waals surface area (Å²) in [6.45, 7) is 0. The average Bonchev–Trinajstić information content (AvgIpc) is 3.27. The highest BCUT2D eigenvalue weighted by Gasteiger charge is 2.45. The molecule has 0 aliphatic heterocycles. The van der Waals surface area contributed by atoms with E-state index < -0.39 is 17.8 Å². The lowest BCUT2D eigenvalue weighted by Crippen LogP contribution is -2.28. The first-order valence-electron chi connectivity index (χ1n) is 9.17. The van der Waals surface area contributed by atoms with Crippen molar-refractivity contribution in [2.24, 2.45) is 22.6 Å². The van der Waals surface area contributed by atoms with Crippen molar-refractivity contribution in [3.8, 4) is 0 Å². The Morgan fingerprint density at radius 1 is 1.40 bits per heavy atom. The summed E-state index contributed by atoms with van der Waals surface area (Å²) in [5.74, 6) is 1.31. The van der Waals surface area contributed by atoms with Gasteiger partial charge in [-0.2, -0.15) is 0 Å². The molecule has 3 rings (SSSR count). The molecule has 1 aromatic carbocycles. The number of rotatable bonds is 7. The number of hydrazone groups is 1. The second-order valence-corrected chi connectivity index (χ2v) is 9.11. The first kappa shape index (κ1) is 22.4. The SMILES string of the molecule is CSc1nnc(NC(=O)C(c2ccc(/C(N)=N/N(C)N)cc2)C2CCC(F)(F)C2)s1. The van der Waals surface area contributed by atoms with Crippen LogP contribution in [-0.4, -0.2) is 46.3 Å².